The molecule has 1 saturated carbocycles. The van der Waals surface area contributed by atoms with Gasteiger partial charge in [0.15, 0.2) is 0 Å². The number of carbonyl (C=O) groups excluding carboxylic acids is 1. The summed E-state index contributed by atoms with van der Waals surface area (Å²) in [6.45, 7) is 4.26. The standard InChI is InChI=1S/C18H22N2O4S/c1-11-4-6-14(25(19,22)23)9-16(11)18(21)20(3)10-13-5-7-17(24-13)15-8-12(15)2/h4-7,9,12,15H,8,10H2,1-3H3,(H2,19,22,23)/t12-,15+/m1/s1. The number of sulfonamides is 1. The third kappa shape index (κ3) is 3.77. The number of nitrogens with two attached hydrogens (primary N) is 1. The summed E-state index contributed by atoms with van der Waals surface area (Å²) in [6.07, 6.45) is 1.14. The lowest BCUT2D eigenvalue weighted by Gasteiger charge is -2.17. The Labute approximate surface area is 147 Å². The molecule has 134 valence electrons. The van der Waals surface area contributed by atoms with E-state index in [1.54, 1.807) is 20.0 Å². The topological polar surface area (TPSA) is 93.6 Å². The fourth-order valence-corrected chi connectivity index (χ4v) is 3.46. The second-order valence-corrected chi connectivity index (χ2v) is 8.37. The number of furan rings is 1. The van der Waals surface area contributed by atoms with E-state index in [2.05, 4.69) is 6.92 Å². The van der Waals surface area contributed by atoms with Crippen molar-refractivity contribution in [3.8, 4) is 0 Å². The number of nitrogens with zero attached hydrogens (tertiary/aromatic N) is 1. The highest BCUT2D eigenvalue weighted by molar-refractivity contribution is 7.89. The first-order chi connectivity index (χ1) is 11.7. The molecular formula is C18H22N2O4S. The Morgan fingerprint density at radius 1 is 1.32 bits per heavy atom. The molecule has 1 aromatic carbocycles. The lowest BCUT2D eigenvalue weighted by atomic mass is 10.1. The summed E-state index contributed by atoms with van der Waals surface area (Å²) in [6, 6.07) is 8.16. The molecule has 1 aromatic heterocycles. The first-order valence-electron chi connectivity index (χ1n) is 8.14. The molecule has 0 saturated heterocycles. The number of carbonyl (C=O) groups is 1. The van der Waals surface area contributed by atoms with Crippen molar-refractivity contribution < 1.29 is 17.6 Å². The minimum Gasteiger partial charge on any atom is -0.464 e. The Balaban J connectivity index is 1.77. The Hall–Kier alpha value is -2.12. The van der Waals surface area contributed by atoms with Gasteiger partial charge in [-0.1, -0.05) is 13.0 Å². The van der Waals surface area contributed by atoms with Crippen LogP contribution in [0.15, 0.2) is 39.6 Å². The van der Waals surface area contributed by atoms with Gasteiger partial charge in [-0.25, -0.2) is 13.6 Å². The zero-order chi connectivity index (χ0) is 18.4. The third-order valence-electron chi connectivity index (χ3n) is 4.67. The lowest BCUT2D eigenvalue weighted by molar-refractivity contribution is 0.0774. The van der Waals surface area contributed by atoms with Crippen LogP contribution in [0.1, 0.15) is 46.7 Å². The molecule has 1 aliphatic carbocycles. The molecule has 25 heavy (non-hydrogen) atoms. The van der Waals surface area contributed by atoms with E-state index in [9.17, 15) is 13.2 Å². The molecule has 1 aliphatic rings. The predicted octanol–water partition coefficient (Wildman–Crippen LogP) is 2.63. The quantitative estimate of drug-likeness (QED) is 0.885. The van der Waals surface area contributed by atoms with E-state index in [4.69, 9.17) is 9.56 Å². The fraction of sp³-hybridized carbons (Fsp3) is 0.389. The van der Waals surface area contributed by atoms with Crippen LogP contribution < -0.4 is 5.14 Å². The van der Waals surface area contributed by atoms with E-state index >= 15 is 0 Å². The normalized spacial score (nSPS) is 19.7. The number of hydrogen-bond acceptors (Lipinski definition) is 4. The fourth-order valence-electron chi connectivity index (χ4n) is 2.92. The van der Waals surface area contributed by atoms with Gasteiger partial charge >= 0.3 is 0 Å². The molecule has 1 fully saturated rings. The van der Waals surface area contributed by atoms with Crippen molar-refractivity contribution in [2.45, 2.75) is 37.6 Å². The van der Waals surface area contributed by atoms with E-state index in [0.717, 1.165) is 12.2 Å². The molecule has 1 heterocycles. The van der Waals surface area contributed by atoms with Crippen LogP contribution in [0.25, 0.3) is 0 Å². The van der Waals surface area contributed by atoms with Gasteiger partial charge in [0.2, 0.25) is 10.0 Å². The summed E-state index contributed by atoms with van der Waals surface area (Å²) in [5.41, 5.74) is 1.01. The Bertz CT molecular complexity index is 917. The molecule has 2 atom stereocenters. The van der Waals surface area contributed by atoms with Crippen LogP contribution >= 0.6 is 0 Å². The van der Waals surface area contributed by atoms with Crippen molar-refractivity contribution in [2.75, 3.05) is 7.05 Å². The van der Waals surface area contributed by atoms with Gasteiger partial charge in [-0.15, -0.1) is 0 Å². The van der Waals surface area contributed by atoms with Crippen LogP contribution in [0, 0.1) is 12.8 Å². The van der Waals surface area contributed by atoms with Crippen LogP contribution in [0.3, 0.4) is 0 Å². The van der Waals surface area contributed by atoms with Crippen molar-refractivity contribution in [2.24, 2.45) is 11.1 Å². The van der Waals surface area contributed by atoms with Gasteiger partial charge in [-0.3, -0.25) is 4.79 Å². The van der Waals surface area contributed by atoms with Crippen molar-refractivity contribution in [3.05, 3.63) is 53.0 Å². The molecule has 7 heteroatoms. The molecule has 0 spiro atoms. The van der Waals surface area contributed by atoms with Crippen LogP contribution in [0.2, 0.25) is 0 Å². The number of primary sulfonamides is 1. The second kappa shape index (κ2) is 6.31. The maximum absolute atomic E-state index is 12.7. The third-order valence-corrected chi connectivity index (χ3v) is 5.58. The van der Waals surface area contributed by atoms with E-state index in [1.165, 1.54) is 17.0 Å². The minimum absolute atomic E-state index is 0.0714. The summed E-state index contributed by atoms with van der Waals surface area (Å²) >= 11 is 0. The van der Waals surface area contributed by atoms with Gasteiger partial charge in [0.05, 0.1) is 11.4 Å². The highest BCUT2D eigenvalue weighted by atomic mass is 32.2. The van der Waals surface area contributed by atoms with Crippen molar-refractivity contribution in [1.82, 2.24) is 4.90 Å². The zero-order valence-corrected chi connectivity index (χ0v) is 15.3. The van der Waals surface area contributed by atoms with Crippen molar-refractivity contribution in [1.29, 1.82) is 0 Å². The van der Waals surface area contributed by atoms with Crippen LogP contribution in [-0.2, 0) is 16.6 Å². The van der Waals surface area contributed by atoms with E-state index in [-0.39, 0.29) is 10.8 Å². The summed E-state index contributed by atoms with van der Waals surface area (Å²) in [7, 11) is -2.19. The number of amides is 1. The minimum atomic E-state index is -3.85. The second-order valence-electron chi connectivity index (χ2n) is 6.81. The smallest absolute Gasteiger partial charge is 0.254 e. The van der Waals surface area contributed by atoms with E-state index in [1.807, 2.05) is 12.1 Å². The molecule has 0 bridgehead atoms. The average molecular weight is 362 g/mol. The Morgan fingerprint density at radius 3 is 2.60 bits per heavy atom. The highest BCUT2D eigenvalue weighted by Crippen LogP contribution is 2.47. The summed E-state index contributed by atoms with van der Waals surface area (Å²) in [5.74, 6) is 2.55. The molecule has 1 amide bonds. The van der Waals surface area contributed by atoms with Crippen molar-refractivity contribution >= 4 is 15.9 Å². The maximum atomic E-state index is 12.7. The van der Waals surface area contributed by atoms with Crippen LogP contribution in [0.5, 0.6) is 0 Å². The molecule has 0 unspecified atom stereocenters. The van der Waals surface area contributed by atoms with Gasteiger partial charge in [-0.2, -0.15) is 0 Å². The Morgan fingerprint density at radius 2 is 2.00 bits per heavy atom. The highest BCUT2D eigenvalue weighted by Gasteiger charge is 2.36. The monoisotopic (exact) mass is 362 g/mol. The summed E-state index contributed by atoms with van der Waals surface area (Å²) < 4.78 is 28.9. The number of aryl methyl sites for hydroxylation is 1. The lowest BCUT2D eigenvalue weighted by Crippen LogP contribution is -2.27. The molecule has 2 N–H and O–H groups in total. The van der Waals surface area contributed by atoms with Crippen molar-refractivity contribution in [3.63, 3.8) is 0 Å². The summed E-state index contributed by atoms with van der Waals surface area (Å²) in [5, 5.41) is 5.16. The van der Waals surface area contributed by atoms with Crippen LogP contribution in [0.4, 0.5) is 0 Å². The van der Waals surface area contributed by atoms with Crippen LogP contribution in [-0.4, -0.2) is 26.3 Å². The zero-order valence-electron chi connectivity index (χ0n) is 14.5. The van der Waals surface area contributed by atoms with Gasteiger partial charge < -0.3 is 9.32 Å². The Kier molecular flexibility index (Phi) is 4.47. The maximum Gasteiger partial charge on any atom is 0.254 e. The molecule has 0 aliphatic heterocycles. The molecule has 0 radical (unpaired) electrons. The number of hydrogen-bond donors (Lipinski definition) is 1. The van der Waals surface area contributed by atoms with Gasteiger partial charge in [0.1, 0.15) is 11.5 Å². The number of benzene rings is 1. The van der Waals surface area contributed by atoms with Gasteiger partial charge in [0, 0.05) is 18.5 Å². The summed E-state index contributed by atoms with van der Waals surface area (Å²) in [4.78, 5) is 14.1. The van der Waals surface area contributed by atoms with E-state index < -0.39 is 10.0 Å². The molecule has 2 aromatic rings. The first-order valence-corrected chi connectivity index (χ1v) is 9.69. The first kappa shape index (κ1) is 17.7. The molecular weight excluding hydrogens is 340 g/mol. The average Bonchev–Trinajstić information content (AvgIpc) is 3.08. The predicted molar refractivity (Wildman–Crippen MR) is 93.6 cm³/mol. The van der Waals surface area contributed by atoms with E-state index in [0.29, 0.717) is 35.3 Å². The SMILES string of the molecule is Cc1ccc(S(N)(=O)=O)cc1C(=O)N(C)Cc1ccc([C@H]2C[C@H]2C)o1. The largest absolute Gasteiger partial charge is 0.464 e. The molecule has 3 rings (SSSR count). The van der Waals surface area contributed by atoms with Gasteiger partial charge in [-0.05, 0) is 49.1 Å². The molecule has 6 nitrogen and oxygen atoms in total. The van der Waals surface area contributed by atoms with Gasteiger partial charge in [0.25, 0.3) is 5.91 Å². The number of rotatable bonds is 5.